The number of amides is 2. The van der Waals surface area contributed by atoms with Gasteiger partial charge in [0.05, 0.1) is 17.8 Å². The summed E-state index contributed by atoms with van der Waals surface area (Å²) in [5.41, 5.74) is 3.88. The maximum Gasteiger partial charge on any atom is 0.434 e. The summed E-state index contributed by atoms with van der Waals surface area (Å²) >= 11 is 0. The minimum atomic E-state index is -4.87. The van der Waals surface area contributed by atoms with Crippen LogP contribution in [0.1, 0.15) is 60.1 Å². The minimum Gasteiger partial charge on any atom is -0.347 e. The number of carbonyl (C=O) groups excluding carboxylic acids is 2. The van der Waals surface area contributed by atoms with E-state index in [0.717, 1.165) is 18.2 Å². The summed E-state index contributed by atoms with van der Waals surface area (Å²) in [7, 11) is 0. The van der Waals surface area contributed by atoms with Crippen molar-refractivity contribution in [3.63, 3.8) is 0 Å². The molecule has 2 amide bonds. The maximum absolute atomic E-state index is 13.9. The molecule has 190 valence electrons. The standard InChI is InChI=1S/C24H27F5N4O2/c1-23(2,3)32-22(35)17-10-13-6-7-33(12-19(13)31-21(17)24(27,28)29)20(34)11-16(30)9-14-8-15(25)4-5-18(14)26/h4-5,8,10,16H,6-7,9,11-12,30H2,1-3H3,(H,32,35)/t16-/m1/s1. The molecule has 1 aromatic carbocycles. The number of pyridine rings is 1. The van der Waals surface area contributed by atoms with Gasteiger partial charge < -0.3 is 16.0 Å². The summed E-state index contributed by atoms with van der Waals surface area (Å²) in [6, 6.07) is 3.32. The Hall–Kier alpha value is -3.08. The number of aromatic nitrogens is 1. The van der Waals surface area contributed by atoms with Crippen molar-refractivity contribution in [1.29, 1.82) is 0 Å². The van der Waals surface area contributed by atoms with Gasteiger partial charge in [-0.25, -0.2) is 13.8 Å². The number of hydrogen-bond acceptors (Lipinski definition) is 4. The zero-order chi connectivity index (χ0) is 26.1. The molecule has 1 atom stereocenters. The predicted octanol–water partition coefficient (Wildman–Crippen LogP) is 3.75. The Morgan fingerprint density at radius 2 is 1.86 bits per heavy atom. The number of carbonyl (C=O) groups is 2. The third-order valence-electron chi connectivity index (χ3n) is 5.46. The van der Waals surface area contributed by atoms with E-state index in [9.17, 15) is 31.5 Å². The molecule has 0 saturated heterocycles. The fourth-order valence-corrected chi connectivity index (χ4v) is 3.88. The van der Waals surface area contributed by atoms with Gasteiger partial charge in [-0.2, -0.15) is 13.2 Å². The van der Waals surface area contributed by atoms with Crippen molar-refractivity contribution in [1.82, 2.24) is 15.2 Å². The van der Waals surface area contributed by atoms with Gasteiger partial charge in [0, 0.05) is 24.5 Å². The molecule has 35 heavy (non-hydrogen) atoms. The van der Waals surface area contributed by atoms with E-state index in [4.69, 9.17) is 5.73 Å². The molecule has 2 heterocycles. The second kappa shape index (κ2) is 9.88. The molecule has 1 aliphatic rings. The van der Waals surface area contributed by atoms with Gasteiger partial charge in [-0.05, 0) is 69.0 Å². The van der Waals surface area contributed by atoms with Crippen molar-refractivity contribution < 1.29 is 31.5 Å². The van der Waals surface area contributed by atoms with Crippen LogP contribution in [-0.2, 0) is 30.4 Å². The smallest absolute Gasteiger partial charge is 0.347 e. The highest BCUT2D eigenvalue weighted by Gasteiger charge is 2.39. The fraction of sp³-hybridized carbons (Fsp3) is 0.458. The Bertz CT molecular complexity index is 1130. The van der Waals surface area contributed by atoms with Gasteiger partial charge in [0.15, 0.2) is 5.69 Å². The zero-order valence-electron chi connectivity index (χ0n) is 19.6. The Morgan fingerprint density at radius 1 is 1.17 bits per heavy atom. The molecule has 0 fully saturated rings. The average molecular weight is 498 g/mol. The van der Waals surface area contributed by atoms with E-state index < -0.39 is 52.5 Å². The van der Waals surface area contributed by atoms with Crippen LogP contribution in [0.3, 0.4) is 0 Å². The highest BCUT2D eigenvalue weighted by molar-refractivity contribution is 5.96. The number of fused-ring (bicyclic) bond motifs is 1. The van der Waals surface area contributed by atoms with Crippen molar-refractivity contribution in [2.45, 2.75) is 64.3 Å². The predicted molar refractivity (Wildman–Crippen MR) is 118 cm³/mol. The van der Waals surface area contributed by atoms with Gasteiger partial charge in [-0.15, -0.1) is 0 Å². The molecule has 3 rings (SSSR count). The van der Waals surface area contributed by atoms with Gasteiger partial charge in [0.1, 0.15) is 11.6 Å². The van der Waals surface area contributed by atoms with Crippen LogP contribution in [0.15, 0.2) is 24.3 Å². The van der Waals surface area contributed by atoms with Crippen LogP contribution < -0.4 is 11.1 Å². The summed E-state index contributed by atoms with van der Waals surface area (Å²) < 4.78 is 68.4. The quantitative estimate of drug-likeness (QED) is 0.615. The summed E-state index contributed by atoms with van der Waals surface area (Å²) in [4.78, 5) is 30.3. The van der Waals surface area contributed by atoms with Gasteiger partial charge in [0.2, 0.25) is 5.91 Å². The molecule has 2 aromatic rings. The number of rotatable bonds is 5. The van der Waals surface area contributed by atoms with Crippen LogP contribution in [0.25, 0.3) is 0 Å². The van der Waals surface area contributed by atoms with E-state index in [-0.39, 0.29) is 43.6 Å². The molecular weight excluding hydrogens is 471 g/mol. The molecule has 1 aromatic heterocycles. The third kappa shape index (κ3) is 6.74. The lowest BCUT2D eigenvalue weighted by molar-refractivity contribution is -0.141. The monoisotopic (exact) mass is 498 g/mol. The summed E-state index contributed by atoms with van der Waals surface area (Å²) in [6.07, 6.45) is -4.95. The number of nitrogens with two attached hydrogens (primary N) is 1. The molecule has 0 unspecified atom stereocenters. The van der Waals surface area contributed by atoms with E-state index in [1.54, 1.807) is 20.8 Å². The van der Waals surface area contributed by atoms with E-state index in [1.165, 1.54) is 11.0 Å². The first-order valence-corrected chi connectivity index (χ1v) is 11.0. The lowest BCUT2D eigenvalue weighted by Gasteiger charge is -2.30. The molecule has 0 spiro atoms. The van der Waals surface area contributed by atoms with Crippen LogP contribution in [0.5, 0.6) is 0 Å². The molecule has 0 radical (unpaired) electrons. The lowest BCUT2D eigenvalue weighted by atomic mass is 9.98. The highest BCUT2D eigenvalue weighted by atomic mass is 19.4. The number of alkyl halides is 3. The number of hydrogen-bond donors (Lipinski definition) is 2. The second-order valence-electron chi connectivity index (χ2n) is 9.66. The topological polar surface area (TPSA) is 88.3 Å². The molecule has 1 aliphatic heterocycles. The first kappa shape index (κ1) is 26.5. The molecule has 6 nitrogen and oxygen atoms in total. The third-order valence-corrected chi connectivity index (χ3v) is 5.46. The van der Waals surface area contributed by atoms with E-state index in [1.807, 2.05) is 0 Å². The first-order chi connectivity index (χ1) is 16.1. The van der Waals surface area contributed by atoms with Crippen molar-refractivity contribution in [3.8, 4) is 0 Å². The van der Waals surface area contributed by atoms with Crippen LogP contribution in [0.4, 0.5) is 22.0 Å². The Morgan fingerprint density at radius 3 is 2.49 bits per heavy atom. The molecule has 0 aliphatic carbocycles. The van der Waals surface area contributed by atoms with Gasteiger partial charge in [-0.3, -0.25) is 9.59 Å². The van der Waals surface area contributed by atoms with Crippen molar-refractivity contribution in [2.24, 2.45) is 5.73 Å². The van der Waals surface area contributed by atoms with Crippen LogP contribution in [-0.4, -0.2) is 39.8 Å². The van der Waals surface area contributed by atoms with E-state index >= 15 is 0 Å². The number of benzene rings is 1. The molecular formula is C24H27F5N4O2. The number of nitrogens with zero attached hydrogens (tertiary/aromatic N) is 2. The van der Waals surface area contributed by atoms with Crippen LogP contribution in [0, 0.1) is 11.6 Å². The summed E-state index contributed by atoms with van der Waals surface area (Å²) in [5, 5.41) is 2.52. The first-order valence-electron chi connectivity index (χ1n) is 11.0. The second-order valence-corrected chi connectivity index (χ2v) is 9.66. The van der Waals surface area contributed by atoms with Crippen LogP contribution >= 0.6 is 0 Å². The van der Waals surface area contributed by atoms with E-state index in [2.05, 4.69) is 10.3 Å². The van der Waals surface area contributed by atoms with Gasteiger partial charge in [-0.1, -0.05) is 0 Å². The Kier molecular flexibility index (Phi) is 7.49. The van der Waals surface area contributed by atoms with E-state index in [0.29, 0.717) is 5.56 Å². The normalized spacial score (nSPS) is 14.9. The lowest BCUT2D eigenvalue weighted by Crippen LogP contribution is -2.42. The largest absolute Gasteiger partial charge is 0.434 e. The van der Waals surface area contributed by atoms with Crippen molar-refractivity contribution >= 4 is 11.8 Å². The molecule has 0 saturated carbocycles. The molecule has 11 heteroatoms. The SMILES string of the molecule is CC(C)(C)NC(=O)c1cc2c(nc1C(F)(F)F)CN(C(=O)C[C@H](N)Cc1cc(F)ccc1F)CC2. The van der Waals surface area contributed by atoms with Gasteiger partial charge >= 0.3 is 6.18 Å². The van der Waals surface area contributed by atoms with Crippen molar-refractivity contribution in [3.05, 3.63) is 64.0 Å². The van der Waals surface area contributed by atoms with Crippen molar-refractivity contribution in [2.75, 3.05) is 6.54 Å². The zero-order valence-corrected chi connectivity index (χ0v) is 19.6. The van der Waals surface area contributed by atoms with Crippen LogP contribution in [0.2, 0.25) is 0 Å². The maximum atomic E-state index is 13.9. The molecule has 3 N–H and O–H groups in total. The molecule has 0 bridgehead atoms. The summed E-state index contributed by atoms with van der Waals surface area (Å²) in [6.45, 7) is 4.97. The Labute approximate surface area is 199 Å². The average Bonchev–Trinajstić information content (AvgIpc) is 2.73. The minimum absolute atomic E-state index is 0.0341. The summed E-state index contributed by atoms with van der Waals surface area (Å²) in [5.74, 6) is -2.59. The Balaban J connectivity index is 1.76. The number of nitrogens with one attached hydrogen (secondary N) is 1. The fourth-order valence-electron chi connectivity index (χ4n) is 3.88. The number of halogens is 5. The highest BCUT2D eigenvalue weighted by Crippen LogP contribution is 2.33. The van der Waals surface area contributed by atoms with Gasteiger partial charge in [0.25, 0.3) is 5.91 Å².